The van der Waals surface area contributed by atoms with Gasteiger partial charge in [0.05, 0.1) is 13.0 Å². The van der Waals surface area contributed by atoms with Gasteiger partial charge >= 0.3 is 0 Å². The first-order valence-electron chi connectivity index (χ1n) is 12.0. The molecule has 2 aliphatic heterocycles. The lowest BCUT2D eigenvalue weighted by atomic mass is 9.89. The van der Waals surface area contributed by atoms with Crippen LogP contribution in [0.15, 0.2) is 78.6 Å². The highest BCUT2D eigenvalue weighted by Gasteiger charge is 2.39. The third kappa shape index (κ3) is 4.50. The van der Waals surface area contributed by atoms with E-state index in [0.29, 0.717) is 12.5 Å². The molecule has 2 aromatic carbocycles. The van der Waals surface area contributed by atoms with Gasteiger partial charge in [0.15, 0.2) is 0 Å². The van der Waals surface area contributed by atoms with Gasteiger partial charge in [-0.1, -0.05) is 54.6 Å². The van der Waals surface area contributed by atoms with Crippen LogP contribution in [0.5, 0.6) is 0 Å². The van der Waals surface area contributed by atoms with Crippen LogP contribution in [0.1, 0.15) is 22.3 Å². The summed E-state index contributed by atoms with van der Waals surface area (Å²) in [6.07, 6.45) is 4.79. The molecule has 176 valence electrons. The van der Waals surface area contributed by atoms with Gasteiger partial charge in [0, 0.05) is 56.4 Å². The lowest BCUT2D eigenvalue weighted by Crippen LogP contribution is -2.65. The van der Waals surface area contributed by atoms with Gasteiger partial charge in [-0.25, -0.2) is 0 Å². The van der Waals surface area contributed by atoms with Crippen molar-refractivity contribution in [3.05, 3.63) is 89.7 Å². The summed E-state index contributed by atoms with van der Waals surface area (Å²) in [7, 11) is 1.66. The standard InChI is InChI=1S/C28H31N3O3/c1-34-26-18-23(12-13-25(26)21-8-4-2-5-9-21)28(33)31-19-24(20-31)29-14-16-30(17-15-29)27(32)22-10-6-3-7-11-22/h2-11,13,18,23-24H,12,14-17,19-20H2,1H3. The van der Waals surface area contributed by atoms with Crippen LogP contribution in [0.25, 0.3) is 5.57 Å². The van der Waals surface area contributed by atoms with Gasteiger partial charge in [-0.2, -0.15) is 0 Å². The molecule has 2 heterocycles. The third-order valence-electron chi connectivity index (χ3n) is 7.13. The van der Waals surface area contributed by atoms with Crippen LogP contribution in [-0.2, 0) is 9.53 Å². The molecule has 2 saturated heterocycles. The van der Waals surface area contributed by atoms with Crippen molar-refractivity contribution in [3.63, 3.8) is 0 Å². The van der Waals surface area contributed by atoms with Crippen LogP contribution in [0.2, 0.25) is 0 Å². The predicted octanol–water partition coefficient (Wildman–Crippen LogP) is 3.29. The number of amides is 2. The molecule has 0 radical (unpaired) electrons. The zero-order chi connectivity index (χ0) is 23.5. The molecule has 6 heteroatoms. The molecule has 2 aromatic rings. The highest BCUT2D eigenvalue weighted by molar-refractivity contribution is 5.94. The molecular weight excluding hydrogens is 426 g/mol. The summed E-state index contributed by atoms with van der Waals surface area (Å²) in [5, 5.41) is 0. The highest BCUT2D eigenvalue weighted by Crippen LogP contribution is 2.32. The molecule has 2 fully saturated rings. The van der Waals surface area contributed by atoms with Gasteiger partial charge in [-0.3, -0.25) is 14.5 Å². The van der Waals surface area contributed by atoms with E-state index in [1.165, 1.54) is 0 Å². The summed E-state index contributed by atoms with van der Waals surface area (Å²) < 4.78 is 5.63. The van der Waals surface area contributed by atoms with E-state index in [0.717, 1.165) is 61.7 Å². The Kier molecular flexibility index (Phi) is 6.50. The number of carbonyl (C=O) groups is 2. The number of likely N-dealkylation sites (tertiary alicyclic amines) is 1. The average molecular weight is 458 g/mol. The average Bonchev–Trinajstić information content (AvgIpc) is 2.88. The molecule has 0 N–H and O–H groups in total. The highest BCUT2D eigenvalue weighted by atomic mass is 16.5. The molecule has 1 aliphatic carbocycles. The van der Waals surface area contributed by atoms with Gasteiger partial charge in [0.2, 0.25) is 5.91 Å². The molecule has 1 atom stereocenters. The van der Waals surface area contributed by atoms with Crippen molar-refractivity contribution < 1.29 is 14.3 Å². The molecule has 0 aromatic heterocycles. The minimum atomic E-state index is -0.177. The van der Waals surface area contributed by atoms with Crippen LogP contribution >= 0.6 is 0 Å². The Labute approximate surface area is 201 Å². The van der Waals surface area contributed by atoms with Crippen molar-refractivity contribution in [1.29, 1.82) is 0 Å². The smallest absolute Gasteiger partial charge is 0.253 e. The number of nitrogens with zero attached hydrogens (tertiary/aromatic N) is 3. The summed E-state index contributed by atoms with van der Waals surface area (Å²) >= 11 is 0. The molecule has 3 aliphatic rings. The Bertz CT molecular complexity index is 1080. The first kappa shape index (κ1) is 22.4. The van der Waals surface area contributed by atoms with Crippen LogP contribution in [-0.4, -0.2) is 78.9 Å². The summed E-state index contributed by atoms with van der Waals surface area (Å²) in [6, 6.07) is 20.0. The summed E-state index contributed by atoms with van der Waals surface area (Å²) in [5.74, 6) is 0.870. The van der Waals surface area contributed by atoms with Gasteiger partial charge in [0.25, 0.3) is 5.91 Å². The molecule has 5 rings (SSSR count). The van der Waals surface area contributed by atoms with Gasteiger partial charge in [-0.15, -0.1) is 0 Å². The predicted molar refractivity (Wildman–Crippen MR) is 132 cm³/mol. The maximum Gasteiger partial charge on any atom is 0.253 e. The van der Waals surface area contributed by atoms with Crippen LogP contribution in [0.3, 0.4) is 0 Å². The molecule has 0 bridgehead atoms. The Morgan fingerprint density at radius 3 is 2.15 bits per heavy atom. The van der Waals surface area contributed by atoms with Crippen molar-refractivity contribution in [2.45, 2.75) is 12.5 Å². The maximum absolute atomic E-state index is 13.1. The fourth-order valence-electron chi connectivity index (χ4n) is 5.07. The fraction of sp³-hybridized carbons (Fsp3) is 0.357. The minimum Gasteiger partial charge on any atom is -0.496 e. The second-order valence-corrected chi connectivity index (χ2v) is 9.15. The van der Waals surface area contributed by atoms with Crippen LogP contribution < -0.4 is 0 Å². The third-order valence-corrected chi connectivity index (χ3v) is 7.13. The van der Waals surface area contributed by atoms with E-state index in [4.69, 9.17) is 4.74 Å². The Balaban J connectivity index is 1.12. The van der Waals surface area contributed by atoms with Crippen LogP contribution in [0, 0.1) is 5.92 Å². The largest absolute Gasteiger partial charge is 0.496 e. The number of piperazine rings is 1. The summed E-state index contributed by atoms with van der Waals surface area (Å²) in [4.78, 5) is 32.1. The van der Waals surface area contributed by atoms with Gasteiger partial charge in [-0.05, 0) is 30.2 Å². The molecule has 6 nitrogen and oxygen atoms in total. The number of rotatable bonds is 5. The van der Waals surface area contributed by atoms with Gasteiger partial charge in [0.1, 0.15) is 5.76 Å². The van der Waals surface area contributed by atoms with Crippen molar-refractivity contribution in [2.24, 2.45) is 5.92 Å². The zero-order valence-electron chi connectivity index (χ0n) is 19.6. The van der Waals surface area contributed by atoms with Gasteiger partial charge < -0.3 is 14.5 Å². The van der Waals surface area contributed by atoms with Crippen LogP contribution in [0.4, 0.5) is 0 Å². The molecule has 34 heavy (non-hydrogen) atoms. The topological polar surface area (TPSA) is 53.1 Å². The number of allylic oxidation sites excluding steroid dienone is 2. The number of methoxy groups -OCH3 is 1. The van der Waals surface area contributed by atoms with Crippen molar-refractivity contribution >= 4 is 17.4 Å². The second kappa shape index (κ2) is 9.85. The van der Waals surface area contributed by atoms with E-state index < -0.39 is 0 Å². The molecule has 0 saturated carbocycles. The number of hydrogen-bond acceptors (Lipinski definition) is 4. The number of benzene rings is 2. The summed E-state index contributed by atoms with van der Waals surface area (Å²) in [5.41, 5.74) is 2.91. The normalized spacial score (nSPS) is 21.4. The van der Waals surface area contributed by atoms with E-state index in [1.807, 2.05) is 64.4 Å². The van der Waals surface area contributed by atoms with E-state index in [-0.39, 0.29) is 17.7 Å². The Hall–Kier alpha value is -3.38. The van der Waals surface area contributed by atoms with E-state index >= 15 is 0 Å². The fourth-order valence-corrected chi connectivity index (χ4v) is 5.07. The lowest BCUT2D eigenvalue weighted by molar-refractivity contribution is -0.142. The number of ether oxygens (including phenoxy) is 1. The first-order valence-corrected chi connectivity index (χ1v) is 12.0. The quantitative estimate of drug-likeness (QED) is 0.692. The molecule has 1 unspecified atom stereocenters. The van der Waals surface area contributed by atoms with E-state index in [9.17, 15) is 9.59 Å². The second-order valence-electron chi connectivity index (χ2n) is 9.15. The first-order chi connectivity index (χ1) is 16.6. The number of hydrogen-bond donors (Lipinski definition) is 0. The monoisotopic (exact) mass is 457 g/mol. The molecule has 0 spiro atoms. The van der Waals surface area contributed by atoms with Crippen molar-refractivity contribution in [3.8, 4) is 0 Å². The van der Waals surface area contributed by atoms with Crippen molar-refractivity contribution in [1.82, 2.24) is 14.7 Å². The number of carbonyl (C=O) groups excluding carboxylic acids is 2. The maximum atomic E-state index is 13.1. The summed E-state index contributed by atoms with van der Waals surface area (Å²) in [6.45, 7) is 4.68. The minimum absolute atomic E-state index is 0.103. The Morgan fingerprint density at radius 1 is 0.853 bits per heavy atom. The zero-order valence-corrected chi connectivity index (χ0v) is 19.6. The molecular formula is C28H31N3O3. The van der Waals surface area contributed by atoms with E-state index in [2.05, 4.69) is 23.1 Å². The SMILES string of the molecule is COC1=CC(C(=O)N2CC(N3CCN(C(=O)c4ccccc4)CC3)C2)CC=C1c1ccccc1. The van der Waals surface area contributed by atoms with E-state index in [1.54, 1.807) is 7.11 Å². The Morgan fingerprint density at radius 2 is 1.50 bits per heavy atom. The lowest BCUT2D eigenvalue weighted by Gasteiger charge is -2.48. The molecule has 2 amide bonds. The van der Waals surface area contributed by atoms with Crippen molar-refractivity contribution in [2.75, 3.05) is 46.4 Å².